The zero-order chi connectivity index (χ0) is 19.6. The van der Waals surface area contributed by atoms with Crippen molar-refractivity contribution in [3.05, 3.63) is 40.3 Å². The lowest BCUT2D eigenvalue weighted by molar-refractivity contribution is -0.151. The summed E-state index contributed by atoms with van der Waals surface area (Å²) >= 11 is 0. The van der Waals surface area contributed by atoms with Crippen molar-refractivity contribution in [3.63, 3.8) is 0 Å². The topological polar surface area (TPSA) is 126 Å². The van der Waals surface area contributed by atoms with Crippen LogP contribution in [-0.4, -0.2) is 66.6 Å². The van der Waals surface area contributed by atoms with Crippen LogP contribution in [0, 0.1) is 0 Å². The average Bonchev–Trinajstić information content (AvgIpc) is 3.01. The predicted octanol–water partition coefficient (Wildman–Crippen LogP) is -0.346. The lowest BCUT2D eigenvalue weighted by Crippen LogP contribution is -2.40. The molecule has 1 aromatic heterocycles. The molecule has 2 aromatic rings. The number of benzene rings is 1. The van der Waals surface area contributed by atoms with Crippen molar-refractivity contribution < 1.29 is 22.7 Å². The van der Waals surface area contributed by atoms with Gasteiger partial charge in [-0.25, -0.2) is 13.5 Å². The van der Waals surface area contributed by atoms with E-state index in [4.69, 9.17) is 4.74 Å². The minimum atomic E-state index is -3.11. The van der Waals surface area contributed by atoms with Gasteiger partial charge in [0.2, 0.25) is 0 Å². The first-order valence-electron chi connectivity index (χ1n) is 8.35. The van der Waals surface area contributed by atoms with Crippen molar-refractivity contribution in [1.82, 2.24) is 15.1 Å². The molecule has 1 atom stereocenters. The lowest BCUT2D eigenvalue weighted by Gasteiger charge is -2.23. The molecule has 1 amide bonds. The molecule has 0 spiro atoms. The molecule has 3 rings (SSSR count). The minimum absolute atomic E-state index is 0.0556. The molecule has 0 saturated carbocycles. The Balaban J connectivity index is 1.60. The van der Waals surface area contributed by atoms with Gasteiger partial charge in [-0.1, -0.05) is 18.2 Å². The number of likely N-dealkylation sites (N-methyl/N-ethyl adjacent to an activating group) is 1. The summed E-state index contributed by atoms with van der Waals surface area (Å²) in [6.07, 6.45) is 0.178. The first kappa shape index (κ1) is 19.0. The minimum Gasteiger partial charge on any atom is -0.455 e. The van der Waals surface area contributed by atoms with Crippen molar-refractivity contribution in [2.24, 2.45) is 0 Å². The molecule has 0 radical (unpaired) electrons. The van der Waals surface area contributed by atoms with E-state index in [9.17, 15) is 22.8 Å². The molecular weight excluding hydrogens is 374 g/mol. The molecule has 1 aliphatic heterocycles. The van der Waals surface area contributed by atoms with Crippen LogP contribution in [0.15, 0.2) is 29.1 Å². The third kappa shape index (κ3) is 4.33. The molecule has 144 valence electrons. The van der Waals surface area contributed by atoms with Gasteiger partial charge in [-0.05, 0) is 12.5 Å². The van der Waals surface area contributed by atoms with Crippen LogP contribution in [0.25, 0.3) is 10.8 Å². The highest BCUT2D eigenvalue weighted by molar-refractivity contribution is 7.91. The number of aromatic amines is 1. The Morgan fingerprint density at radius 1 is 1.30 bits per heavy atom. The van der Waals surface area contributed by atoms with Gasteiger partial charge in [0.1, 0.15) is 0 Å². The molecule has 27 heavy (non-hydrogen) atoms. The van der Waals surface area contributed by atoms with Crippen molar-refractivity contribution in [2.45, 2.75) is 18.9 Å². The Morgan fingerprint density at radius 2 is 2.00 bits per heavy atom. The molecule has 1 saturated heterocycles. The van der Waals surface area contributed by atoms with Crippen molar-refractivity contribution in [3.8, 4) is 0 Å². The quantitative estimate of drug-likeness (QED) is 0.688. The van der Waals surface area contributed by atoms with E-state index in [1.54, 1.807) is 24.3 Å². The highest BCUT2D eigenvalue weighted by Crippen LogP contribution is 2.17. The van der Waals surface area contributed by atoms with Gasteiger partial charge in [-0.2, -0.15) is 5.10 Å². The van der Waals surface area contributed by atoms with Crippen LogP contribution in [-0.2, 0) is 30.6 Å². The maximum atomic E-state index is 12.1. The normalized spacial score (nSPS) is 18.3. The number of ether oxygens (including phenoxy) is 1. The third-order valence-electron chi connectivity index (χ3n) is 4.59. The highest BCUT2D eigenvalue weighted by Gasteiger charge is 2.32. The number of carbonyl (C=O) groups is 2. The van der Waals surface area contributed by atoms with E-state index in [1.807, 2.05) is 0 Å². The monoisotopic (exact) mass is 393 g/mol. The molecule has 1 aromatic carbocycles. The van der Waals surface area contributed by atoms with Crippen LogP contribution >= 0.6 is 0 Å². The second-order valence-corrected chi connectivity index (χ2v) is 8.67. The van der Waals surface area contributed by atoms with Crippen molar-refractivity contribution >= 4 is 32.5 Å². The Bertz CT molecular complexity index is 1050. The molecule has 10 heteroatoms. The predicted molar refractivity (Wildman–Crippen MR) is 96.9 cm³/mol. The van der Waals surface area contributed by atoms with Crippen LogP contribution in [0.1, 0.15) is 12.1 Å². The van der Waals surface area contributed by atoms with Gasteiger partial charge in [-0.15, -0.1) is 0 Å². The van der Waals surface area contributed by atoms with Gasteiger partial charge >= 0.3 is 5.97 Å². The first-order chi connectivity index (χ1) is 12.8. The Labute approximate surface area is 155 Å². The summed E-state index contributed by atoms with van der Waals surface area (Å²) in [5.74, 6) is -1.15. The maximum absolute atomic E-state index is 12.1. The number of hydrogen-bond acceptors (Lipinski definition) is 7. The number of H-pyrrole nitrogens is 1. The van der Waals surface area contributed by atoms with Crippen LogP contribution in [0.3, 0.4) is 0 Å². The summed E-state index contributed by atoms with van der Waals surface area (Å²) < 4.78 is 28.0. The van der Waals surface area contributed by atoms with Crippen LogP contribution < -0.4 is 5.56 Å². The first-order valence-corrected chi connectivity index (χ1v) is 10.2. The smallest absolute Gasteiger partial charge is 0.312 e. The third-order valence-corrected chi connectivity index (χ3v) is 6.34. The van der Waals surface area contributed by atoms with E-state index < -0.39 is 34.4 Å². The molecule has 2 heterocycles. The van der Waals surface area contributed by atoms with Crippen LogP contribution in [0.2, 0.25) is 0 Å². The number of sulfone groups is 1. The lowest BCUT2D eigenvalue weighted by atomic mass is 10.1. The SMILES string of the molecule is CN(C(=O)COC(=O)Cc1n[nH]c(=O)c2ccccc12)C1CCS(=O)(=O)C1. The van der Waals surface area contributed by atoms with E-state index >= 15 is 0 Å². The molecule has 1 fully saturated rings. The molecule has 9 nitrogen and oxygen atoms in total. The van der Waals surface area contributed by atoms with Crippen molar-refractivity contribution in [1.29, 1.82) is 0 Å². The second-order valence-electron chi connectivity index (χ2n) is 6.44. The molecule has 1 N–H and O–H groups in total. The standard InChI is InChI=1S/C17H19N3O6S/c1-20(11-6-7-27(24,25)10-11)15(21)9-26-16(22)8-14-12-4-2-3-5-13(12)17(23)19-18-14/h2-5,11H,6-10H2,1H3,(H,19,23). The number of fused-ring (bicyclic) bond motifs is 1. The number of carbonyl (C=O) groups excluding carboxylic acids is 2. The van der Waals surface area contributed by atoms with Crippen LogP contribution in [0.4, 0.5) is 0 Å². The molecule has 1 unspecified atom stereocenters. The van der Waals surface area contributed by atoms with Crippen LogP contribution in [0.5, 0.6) is 0 Å². The number of nitrogens with zero attached hydrogens (tertiary/aromatic N) is 2. The van der Waals surface area contributed by atoms with E-state index in [2.05, 4.69) is 10.2 Å². The summed E-state index contributed by atoms with van der Waals surface area (Å²) in [6, 6.07) is 6.34. The fraction of sp³-hybridized carbons (Fsp3) is 0.412. The number of esters is 1. The summed E-state index contributed by atoms with van der Waals surface area (Å²) in [5, 5.41) is 7.17. The summed E-state index contributed by atoms with van der Waals surface area (Å²) in [7, 11) is -1.61. The fourth-order valence-electron chi connectivity index (χ4n) is 3.02. The Morgan fingerprint density at radius 3 is 2.67 bits per heavy atom. The van der Waals surface area contributed by atoms with E-state index in [1.165, 1.54) is 11.9 Å². The Hall–Kier alpha value is -2.75. The number of nitrogens with one attached hydrogen (secondary N) is 1. The van der Waals surface area contributed by atoms with Gasteiger partial charge in [0.15, 0.2) is 16.4 Å². The number of rotatable bonds is 5. The highest BCUT2D eigenvalue weighted by atomic mass is 32.2. The summed E-state index contributed by atoms with van der Waals surface area (Å²) in [4.78, 5) is 37.3. The molecule has 0 bridgehead atoms. The Kier molecular flexibility index (Phi) is 5.26. The van der Waals surface area contributed by atoms with E-state index in [-0.39, 0.29) is 23.5 Å². The zero-order valence-corrected chi connectivity index (χ0v) is 15.5. The zero-order valence-electron chi connectivity index (χ0n) is 14.7. The second kappa shape index (κ2) is 7.47. The van der Waals surface area contributed by atoms with E-state index in [0.717, 1.165) is 0 Å². The summed E-state index contributed by atoms with van der Waals surface area (Å²) in [5.41, 5.74) is -0.0103. The fourth-order valence-corrected chi connectivity index (χ4v) is 4.80. The number of amides is 1. The van der Waals surface area contributed by atoms with Crippen molar-refractivity contribution in [2.75, 3.05) is 25.2 Å². The number of aromatic nitrogens is 2. The molecular formula is C17H19N3O6S. The molecule has 0 aliphatic carbocycles. The largest absolute Gasteiger partial charge is 0.455 e. The average molecular weight is 393 g/mol. The van der Waals surface area contributed by atoms with Gasteiger partial charge in [-0.3, -0.25) is 14.4 Å². The van der Waals surface area contributed by atoms with Gasteiger partial charge in [0, 0.05) is 18.5 Å². The summed E-state index contributed by atoms with van der Waals surface area (Å²) in [6.45, 7) is -0.479. The van der Waals surface area contributed by atoms with E-state index in [0.29, 0.717) is 22.9 Å². The van der Waals surface area contributed by atoms with Gasteiger partial charge in [0.05, 0.1) is 29.0 Å². The molecule has 1 aliphatic rings. The van der Waals surface area contributed by atoms with Gasteiger partial charge < -0.3 is 9.64 Å². The van der Waals surface area contributed by atoms with Gasteiger partial charge in [0.25, 0.3) is 11.5 Å². The number of hydrogen-bond donors (Lipinski definition) is 1. The maximum Gasteiger partial charge on any atom is 0.312 e.